The van der Waals surface area contributed by atoms with Crippen LogP contribution in [0.25, 0.3) is 33.4 Å². The van der Waals surface area contributed by atoms with Crippen LogP contribution in [0.3, 0.4) is 0 Å². The fourth-order valence-electron chi connectivity index (χ4n) is 3.18. The van der Waals surface area contributed by atoms with Crippen LogP contribution in [0.15, 0.2) is 88.1 Å². The quantitative estimate of drug-likeness (QED) is 0.457. The second kappa shape index (κ2) is 7.53. The number of esters is 1. The molecule has 0 fully saturated rings. The second-order valence-electron chi connectivity index (χ2n) is 6.30. The minimum absolute atomic E-state index is 0.0759. The zero-order valence-corrected chi connectivity index (χ0v) is 15.3. The molecule has 4 rings (SSSR count). The third-order valence-electron chi connectivity index (χ3n) is 4.52. The van der Waals surface area contributed by atoms with E-state index in [-0.39, 0.29) is 17.9 Å². The lowest BCUT2D eigenvalue weighted by Crippen LogP contribution is -2.19. The van der Waals surface area contributed by atoms with Crippen LogP contribution >= 0.6 is 0 Å². The minimum atomic E-state index is -0.677. The van der Waals surface area contributed by atoms with Crippen molar-refractivity contribution in [2.45, 2.75) is 6.92 Å². The third-order valence-corrected chi connectivity index (χ3v) is 4.52. The zero-order valence-electron chi connectivity index (χ0n) is 15.3. The highest BCUT2D eigenvalue weighted by atomic mass is 16.5. The van der Waals surface area contributed by atoms with Crippen LogP contribution in [0.1, 0.15) is 17.3 Å². The molecule has 0 amide bonds. The van der Waals surface area contributed by atoms with Gasteiger partial charge in [0.2, 0.25) is 5.43 Å². The van der Waals surface area contributed by atoms with Crippen LogP contribution in [-0.2, 0) is 4.74 Å². The molecule has 0 saturated heterocycles. The maximum Gasteiger partial charge on any atom is 0.346 e. The van der Waals surface area contributed by atoms with E-state index in [0.29, 0.717) is 16.5 Å². The van der Waals surface area contributed by atoms with E-state index in [1.54, 1.807) is 25.1 Å². The highest BCUT2D eigenvalue weighted by Gasteiger charge is 2.23. The van der Waals surface area contributed by atoms with Gasteiger partial charge >= 0.3 is 5.97 Å². The average molecular weight is 370 g/mol. The van der Waals surface area contributed by atoms with Crippen LogP contribution < -0.4 is 5.43 Å². The Morgan fingerprint density at radius 1 is 0.857 bits per heavy atom. The van der Waals surface area contributed by atoms with Crippen molar-refractivity contribution in [2.75, 3.05) is 6.61 Å². The standard InChI is InChI=1S/C24H18O4/c1-2-27-24(26)21-22(25)19-14-13-18(16-9-5-3-6-10-16)15-20(19)28-23(21)17-11-7-4-8-12-17/h3-15H,2H2,1H3. The molecular formula is C24H18O4. The van der Waals surface area contributed by atoms with Gasteiger partial charge in [-0.15, -0.1) is 0 Å². The number of carbonyl (C=O) groups excluding carboxylic acids is 1. The van der Waals surface area contributed by atoms with Gasteiger partial charge in [0.25, 0.3) is 0 Å². The first-order valence-corrected chi connectivity index (χ1v) is 9.08. The van der Waals surface area contributed by atoms with E-state index < -0.39 is 11.4 Å². The highest BCUT2D eigenvalue weighted by Crippen LogP contribution is 2.29. The molecule has 138 valence electrons. The van der Waals surface area contributed by atoms with Crippen LogP contribution in [0.2, 0.25) is 0 Å². The average Bonchev–Trinajstić information content (AvgIpc) is 2.74. The third kappa shape index (κ3) is 3.21. The lowest BCUT2D eigenvalue weighted by molar-refractivity contribution is 0.0524. The smallest absolute Gasteiger partial charge is 0.346 e. The summed E-state index contributed by atoms with van der Waals surface area (Å²) in [5.74, 6) is -0.453. The van der Waals surface area contributed by atoms with Crippen molar-refractivity contribution in [3.8, 4) is 22.5 Å². The molecule has 0 radical (unpaired) electrons. The molecule has 0 aliphatic rings. The largest absolute Gasteiger partial charge is 0.462 e. The summed E-state index contributed by atoms with van der Waals surface area (Å²) in [5, 5.41) is 0.349. The van der Waals surface area contributed by atoms with Gasteiger partial charge in [0.1, 0.15) is 5.58 Å². The summed E-state index contributed by atoms with van der Waals surface area (Å²) in [5.41, 5.74) is 2.56. The summed E-state index contributed by atoms with van der Waals surface area (Å²) in [6.45, 7) is 1.88. The van der Waals surface area contributed by atoms with Gasteiger partial charge in [0.05, 0.1) is 12.0 Å². The molecule has 0 saturated carbocycles. The first-order valence-electron chi connectivity index (χ1n) is 9.08. The highest BCUT2D eigenvalue weighted by molar-refractivity contribution is 5.99. The van der Waals surface area contributed by atoms with Crippen LogP contribution in [-0.4, -0.2) is 12.6 Å². The number of ether oxygens (including phenoxy) is 1. The monoisotopic (exact) mass is 370 g/mol. The summed E-state index contributed by atoms with van der Waals surface area (Å²) in [7, 11) is 0. The molecule has 0 bridgehead atoms. The van der Waals surface area contributed by atoms with E-state index in [2.05, 4.69) is 0 Å². The van der Waals surface area contributed by atoms with E-state index >= 15 is 0 Å². The molecule has 0 unspecified atom stereocenters. The minimum Gasteiger partial charge on any atom is -0.462 e. The van der Waals surface area contributed by atoms with Gasteiger partial charge in [-0.1, -0.05) is 66.7 Å². The lowest BCUT2D eigenvalue weighted by atomic mass is 10.0. The number of hydrogen-bond acceptors (Lipinski definition) is 4. The Hall–Kier alpha value is -3.66. The Morgan fingerprint density at radius 2 is 1.50 bits per heavy atom. The first-order chi connectivity index (χ1) is 13.7. The number of benzene rings is 3. The van der Waals surface area contributed by atoms with Crippen LogP contribution in [0.4, 0.5) is 0 Å². The maximum atomic E-state index is 13.1. The van der Waals surface area contributed by atoms with E-state index in [0.717, 1.165) is 11.1 Å². The zero-order chi connectivity index (χ0) is 19.5. The van der Waals surface area contributed by atoms with Crippen molar-refractivity contribution >= 4 is 16.9 Å². The van der Waals surface area contributed by atoms with E-state index in [1.165, 1.54) is 0 Å². The summed E-state index contributed by atoms with van der Waals surface area (Å²) >= 11 is 0. The Kier molecular flexibility index (Phi) is 4.77. The molecule has 4 nitrogen and oxygen atoms in total. The van der Waals surface area contributed by atoms with E-state index in [1.807, 2.05) is 60.7 Å². The summed E-state index contributed by atoms with van der Waals surface area (Å²) in [6, 6.07) is 24.3. The predicted molar refractivity (Wildman–Crippen MR) is 109 cm³/mol. The van der Waals surface area contributed by atoms with Crippen LogP contribution in [0, 0.1) is 0 Å². The summed E-state index contributed by atoms with van der Waals surface area (Å²) in [6.07, 6.45) is 0. The molecule has 0 spiro atoms. The van der Waals surface area contributed by atoms with Gasteiger partial charge in [-0.2, -0.15) is 0 Å². The summed E-state index contributed by atoms with van der Waals surface area (Å²) in [4.78, 5) is 25.6. The number of rotatable bonds is 4. The summed E-state index contributed by atoms with van der Waals surface area (Å²) < 4.78 is 11.2. The van der Waals surface area contributed by atoms with E-state index in [4.69, 9.17) is 9.15 Å². The van der Waals surface area contributed by atoms with Gasteiger partial charge in [0.15, 0.2) is 11.3 Å². The molecule has 4 aromatic rings. The Bertz CT molecular complexity index is 1190. The predicted octanol–water partition coefficient (Wildman–Crippen LogP) is 5.30. The fourth-order valence-corrected chi connectivity index (χ4v) is 3.18. The molecule has 0 aliphatic carbocycles. The molecular weight excluding hydrogens is 352 g/mol. The van der Waals surface area contributed by atoms with Gasteiger partial charge in [-0.25, -0.2) is 4.79 Å². The molecule has 1 aromatic heterocycles. The normalized spacial score (nSPS) is 10.8. The Balaban J connectivity index is 1.99. The number of carbonyl (C=O) groups is 1. The molecule has 1 heterocycles. The maximum absolute atomic E-state index is 13.1. The first kappa shape index (κ1) is 17.7. The molecule has 0 N–H and O–H groups in total. The van der Waals surface area contributed by atoms with Crippen molar-refractivity contribution in [2.24, 2.45) is 0 Å². The van der Waals surface area contributed by atoms with Gasteiger partial charge < -0.3 is 9.15 Å². The topological polar surface area (TPSA) is 56.5 Å². The number of fused-ring (bicyclic) bond motifs is 1. The Morgan fingerprint density at radius 3 is 2.14 bits per heavy atom. The molecule has 0 aliphatic heterocycles. The van der Waals surface area contributed by atoms with Gasteiger partial charge in [-0.3, -0.25) is 4.79 Å². The lowest BCUT2D eigenvalue weighted by Gasteiger charge is -2.10. The van der Waals surface area contributed by atoms with Gasteiger partial charge in [-0.05, 0) is 30.2 Å². The van der Waals surface area contributed by atoms with Crippen molar-refractivity contribution in [3.63, 3.8) is 0 Å². The fraction of sp³-hybridized carbons (Fsp3) is 0.0833. The SMILES string of the molecule is CCOC(=O)c1c(-c2ccccc2)oc2cc(-c3ccccc3)ccc2c1=O. The van der Waals surface area contributed by atoms with Crippen molar-refractivity contribution in [3.05, 3.63) is 94.6 Å². The molecule has 28 heavy (non-hydrogen) atoms. The van der Waals surface area contributed by atoms with Crippen molar-refractivity contribution in [1.29, 1.82) is 0 Å². The van der Waals surface area contributed by atoms with Gasteiger partial charge in [0, 0.05) is 5.56 Å². The molecule has 3 aromatic carbocycles. The number of hydrogen-bond donors (Lipinski definition) is 0. The van der Waals surface area contributed by atoms with Crippen LogP contribution in [0.5, 0.6) is 0 Å². The Labute approximate surface area is 162 Å². The molecule has 4 heteroatoms. The van der Waals surface area contributed by atoms with Crippen molar-refractivity contribution in [1.82, 2.24) is 0 Å². The second-order valence-corrected chi connectivity index (χ2v) is 6.30. The molecule has 0 atom stereocenters. The van der Waals surface area contributed by atoms with E-state index in [9.17, 15) is 9.59 Å². The van der Waals surface area contributed by atoms with Crippen molar-refractivity contribution < 1.29 is 13.9 Å².